The summed E-state index contributed by atoms with van der Waals surface area (Å²) in [5.74, 6) is 1.30. The van der Waals surface area contributed by atoms with E-state index in [0.717, 1.165) is 44.7 Å². The third-order valence-corrected chi connectivity index (χ3v) is 4.62. The molecule has 3 rings (SSSR count). The minimum atomic E-state index is -0.529. The highest BCUT2D eigenvalue weighted by Crippen LogP contribution is 2.29. The molecular weight excluding hydrogens is 270 g/mol. The summed E-state index contributed by atoms with van der Waals surface area (Å²) in [5.41, 5.74) is 5.89. The molecular formula is C14H25N5O2. The summed E-state index contributed by atoms with van der Waals surface area (Å²) in [6.07, 6.45) is 2.62. The first-order valence-electron chi connectivity index (χ1n) is 7.68. The fraction of sp³-hybridized carbons (Fsp3) is 0.857. The van der Waals surface area contributed by atoms with Crippen LogP contribution >= 0.6 is 0 Å². The Morgan fingerprint density at radius 2 is 2.00 bits per heavy atom. The standard InChI is InChI=1S/C14H25N5O2/c1-18-6-3-7-19(2)11(10-18)12-16-13(21-17-12)14(15)4-8-20-9-5-14/h11H,3-10,15H2,1-2H3. The van der Waals surface area contributed by atoms with Crippen molar-refractivity contribution in [3.63, 3.8) is 0 Å². The lowest BCUT2D eigenvalue weighted by molar-refractivity contribution is 0.0400. The largest absolute Gasteiger partial charge is 0.381 e. The van der Waals surface area contributed by atoms with E-state index in [1.807, 2.05) is 0 Å². The van der Waals surface area contributed by atoms with Gasteiger partial charge in [-0.05, 0) is 46.4 Å². The molecule has 1 unspecified atom stereocenters. The van der Waals surface area contributed by atoms with Crippen LogP contribution in [-0.2, 0) is 10.3 Å². The van der Waals surface area contributed by atoms with E-state index in [1.165, 1.54) is 0 Å². The SMILES string of the molecule is CN1CCCN(C)C(c2noc(C3(N)CCOCC3)n2)C1. The Hall–Kier alpha value is -1.02. The zero-order chi connectivity index (χ0) is 14.9. The predicted octanol–water partition coefficient (Wildman–Crippen LogP) is 0.342. The molecule has 7 nitrogen and oxygen atoms in total. The van der Waals surface area contributed by atoms with Crippen LogP contribution in [0.5, 0.6) is 0 Å². The van der Waals surface area contributed by atoms with Gasteiger partial charge in [0.25, 0.3) is 0 Å². The summed E-state index contributed by atoms with van der Waals surface area (Å²) >= 11 is 0. The van der Waals surface area contributed by atoms with Crippen LogP contribution in [0.3, 0.4) is 0 Å². The maximum atomic E-state index is 6.42. The third kappa shape index (κ3) is 3.11. The minimum absolute atomic E-state index is 0.165. The van der Waals surface area contributed by atoms with E-state index in [1.54, 1.807) is 0 Å². The van der Waals surface area contributed by atoms with Crippen molar-refractivity contribution in [3.8, 4) is 0 Å². The lowest BCUT2D eigenvalue weighted by Gasteiger charge is -2.29. The predicted molar refractivity (Wildman–Crippen MR) is 77.7 cm³/mol. The van der Waals surface area contributed by atoms with Crippen molar-refractivity contribution in [2.45, 2.75) is 30.8 Å². The van der Waals surface area contributed by atoms with E-state index in [2.05, 4.69) is 34.0 Å². The Bertz CT molecular complexity index is 472. The summed E-state index contributed by atoms with van der Waals surface area (Å²) in [7, 11) is 4.25. The summed E-state index contributed by atoms with van der Waals surface area (Å²) in [4.78, 5) is 9.24. The molecule has 1 aromatic rings. The fourth-order valence-corrected chi connectivity index (χ4v) is 3.07. The van der Waals surface area contributed by atoms with Gasteiger partial charge in [0, 0.05) is 19.8 Å². The second kappa shape index (κ2) is 6.00. The smallest absolute Gasteiger partial charge is 0.246 e. The number of hydrogen-bond donors (Lipinski definition) is 1. The summed E-state index contributed by atoms with van der Waals surface area (Å²) in [6.45, 7) is 4.36. The van der Waals surface area contributed by atoms with Crippen molar-refractivity contribution in [1.29, 1.82) is 0 Å². The van der Waals surface area contributed by atoms with Crippen LogP contribution in [0.25, 0.3) is 0 Å². The van der Waals surface area contributed by atoms with E-state index < -0.39 is 5.54 Å². The average Bonchev–Trinajstić information content (AvgIpc) is 2.89. The van der Waals surface area contributed by atoms with Gasteiger partial charge in [0.1, 0.15) is 5.54 Å². The van der Waals surface area contributed by atoms with Crippen molar-refractivity contribution in [2.75, 3.05) is 46.9 Å². The van der Waals surface area contributed by atoms with Crippen molar-refractivity contribution in [1.82, 2.24) is 19.9 Å². The fourth-order valence-electron chi connectivity index (χ4n) is 3.07. The van der Waals surface area contributed by atoms with Gasteiger partial charge in [0.05, 0.1) is 6.04 Å². The lowest BCUT2D eigenvalue weighted by Crippen LogP contribution is -2.42. The van der Waals surface area contributed by atoms with Gasteiger partial charge >= 0.3 is 0 Å². The summed E-state index contributed by atoms with van der Waals surface area (Å²) in [5, 5.41) is 4.21. The molecule has 3 heterocycles. The molecule has 2 fully saturated rings. The van der Waals surface area contributed by atoms with Gasteiger partial charge in [-0.15, -0.1) is 0 Å². The van der Waals surface area contributed by atoms with Gasteiger partial charge in [-0.3, -0.25) is 4.90 Å². The second-order valence-electron chi connectivity index (χ2n) is 6.34. The van der Waals surface area contributed by atoms with E-state index in [9.17, 15) is 0 Å². The molecule has 7 heteroatoms. The summed E-state index contributed by atoms with van der Waals surface area (Å²) in [6, 6.07) is 0.165. The van der Waals surface area contributed by atoms with Crippen molar-refractivity contribution < 1.29 is 9.26 Å². The molecule has 1 aromatic heterocycles. The Labute approximate surface area is 125 Å². The highest BCUT2D eigenvalue weighted by Gasteiger charge is 2.37. The van der Waals surface area contributed by atoms with Crippen LogP contribution in [0.1, 0.15) is 37.0 Å². The van der Waals surface area contributed by atoms with Crippen molar-refractivity contribution in [3.05, 3.63) is 11.7 Å². The zero-order valence-electron chi connectivity index (χ0n) is 12.9. The number of likely N-dealkylation sites (N-methyl/N-ethyl adjacent to an activating group) is 2. The van der Waals surface area contributed by atoms with Gasteiger partial charge in [0.2, 0.25) is 5.89 Å². The maximum Gasteiger partial charge on any atom is 0.246 e. The topological polar surface area (TPSA) is 80.7 Å². The molecule has 1 atom stereocenters. The van der Waals surface area contributed by atoms with Crippen LogP contribution in [0.15, 0.2) is 4.52 Å². The van der Waals surface area contributed by atoms with Gasteiger partial charge < -0.3 is 19.9 Å². The average molecular weight is 295 g/mol. The van der Waals surface area contributed by atoms with Gasteiger partial charge in [-0.25, -0.2) is 0 Å². The Morgan fingerprint density at radius 3 is 2.76 bits per heavy atom. The Kier molecular flexibility index (Phi) is 4.26. The van der Waals surface area contributed by atoms with E-state index >= 15 is 0 Å². The Morgan fingerprint density at radius 1 is 1.24 bits per heavy atom. The highest BCUT2D eigenvalue weighted by molar-refractivity contribution is 5.06. The highest BCUT2D eigenvalue weighted by atomic mass is 16.5. The molecule has 0 radical (unpaired) electrons. The molecule has 2 aliphatic heterocycles. The molecule has 0 saturated carbocycles. The van der Waals surface area contributed by atoms with Crippen LogP contribution in [-0.4, -0.2) is 66.9 Å². The molecule has 0 amide bonds. The maximum absolute atomic E-state index is 6.42. The zero-order valence-corrected chi connectivity index (χ0v) is 12.9. The second-order valence-corrected chi connectivity index (χ2v) is 6.34. The normalized spacial score (nSPS) is 28.4. The summed E-state index contributed by atoms with van der Waals surface area (Å²) < 4.78 is 10.9. The first-order chi connectivity index (χ1) is 10.1. The quantitative estimate of drug-likeness (QED) is 0.842. The van der Waals surface area contributed by atoms with Crippen LogP contribution < -0.4 is 5.73 Å². The molecule has 2 saturated heterocycles. The molecule has 0 aliphatic carbocycles. The monoisotopic (exact) mass is 295 g/mol. The number of aromatic nitrogens is 2. The third-order valence-electron chi connectivity index (χ3n) is 4.62. The number of hydrogen-bond acceptors (Lipinski definition) is 7. The van der Waals surface area contributed by atoms with Gasteiger partial charge in [0.15, 0.2) is 5.82 Å². The molecule has 0 spiro atoms. The van der Waals surface area contributed by atoms with E-state index in [4.69, 9.17) is 15.0 Å². The van der Waals surface area contributed by atoms with Crippen LogP contribution in [0.4, 0.5) is 0 Å². The van der Waals surface area contributed by atoms with Gasteiger partial charge in [-0.1, -0.05) is 5.16 Å². The minimum Gasteiger partial charge on any atom is -0.381 e. The molecule has 21 heavy (non-hydrogen) atoms. The first-order valence-corrected chi connectivity index (χ1v) is 7.68. The number of nitrogens with two attached hydrogens (primary N) is 1. The van der Waals surface area contributed by atoms with Gasteiger partial charge in [-0.2, -0.15) is 4.98 Å². The number of rotatable bonds is 2. The molecule has 2 aliphatic rings. The molecule has 2 N–H and O–H groups in total. The number of nitrogens with zero attached hydrogens (tertiary/aromatic N) is 4. The molecule has 0 bridgehead atoms. The van der Waals surface area contributed by atoms with Crippen LogP contribution in [0.2, 0.25) is 0 Å². The van der Waals surface area contributed by atoms with E-state index in [-0.39, 0.29) is 6.04 Å². The Balaban J connectivity index is 1.80. The number of ether oxygens (including phenoxy) is 1. The molecule has 118 valence electrons. The van der Waals surface area contributed by atoms with Crippen LogP contribution in [0, 0.1) is 0 Å². The lowest BCUT2D eigenvalue weighted by atomic mass is 9.91. The van der Waals surface area contributed by atoms with Crippen molar-refractivity contribution >= 4 is 0 Å². The van der Waals surface area contributed by atoms with Crippen molar-refractivity contribution in [2.24, 2.45) is 5.73 Å². The van der Waals surface area contributed by atoms with E-state index in [0.29, 0.717) is 19.1 Å². The molecule has 0 aromatic carbocycles. The first kappa shape index (κ1) is 14.9.